The molecule has 1 N–H and O–H groups in total. The molecule has 0 aliphatic heterocycles. The molecule has 0 heterocycles. The fourth-order valence-corrected chi connectivity index (χ4v) is 1.84. The average Bonchev–Trinajstić information content (AvgIpc) is 2.08. The molecule has 0 fully saturated rings. The first-order valence-electron chi connectivity index (χ1n) is 4.88. The topological polar surface area (TPSA) is 29.1 Å². The first-order chi connectivity index (χ1) is 6.80. The highest BCUT2D eigenvalue weighted by molar-refractivity contribution is 14.1. The Morgan fingerprint density at radius 3 is 2.40 bits per heavy atom. The van der Waals surface area contributed by atoms with Crippen molar-refractivity contribution in [2.45, 2.75) is 27.7 Å². The fourth-order valence-electron chi connectivity index (χ4n) is 1.03. The third-order valence-corrected chi connectivity index (χ3v) is 2.95. The molecule has 0 aliphatic rings. The van der Waals surface area contributed by atoms with Gasteiger partial charge in [-0.3, -0.25) is 4.79 Å². The zero-order valence-corrected chi connectivity index (χ0v) is 11.7. The van der Waals surface area contributed by atoms with Gasteiger partial charge in [0.1, 0.15) is 0 Å². The predicted molar refractivity (Wildman–Crippen MR) is 72.0 cm³/mol. The molecule has 0 spiro atoms. The van der Waals surface area contributed by atoms with Gasteiger partial charge in [0.25, 0.3) is 0 Å². The van der Waals surface area contributed by atoms with Crippen LogP contribution < -0.4 is 5.32 Å². The van der Waals surface area contributed by atoms with E-state index in [1.807, 2.05) is 39.8 Å². The lowest BCUT2D eigenvalue weighted by atomic mass is 9.95. The molecule has 2 nitrogen and oxygen atoms in total. The molecule has 0 radical (unpaired) electrons. The minimum atomic E-state index is -0.353. The Morgan fingerprint density at radius 2 is 1.93 bits per heavy atom. The van der Waals surface area contributed by atoms with Gasteiger partial charge >= 0.3 is 0 Å². The van der Waals surface area contributed by atoms with E-state index in [1.54, 1.807) is 0 Å². The average molecular weight is 317 g/mol. The van der Waals surface area contributed by atoms with E-state index >= 15 is 0 Å². The van der Waals surface area contributed by atoms with Crippen LogP contribution in [0.25, 0.3) is 0 Å². The quantitative estimate of drug-likeness (QED) is 0.788. The maximum atomic E-state index is 11.8. The van der Waals surface area contributed by atoms with E-state index in [0.717, 1.165) is 9.26 Å². The van der Waals surface area contributed by atoms with Crippen LogP contribution in [-0.2, 0) is 4.79 Å². The van der Waals surface area contributed by atoms with Gasteiger partial charge in [-0.25, -0.2) is 0 Å². The maximum Gasteiger partial charge on any atom is 0.229 e. The number of nitrogens with one attached hydrogen (secondary N) is 1. The standard InChI is InChI=1S/C12H16INO/c1-8-5-6-10(9(13)7-8)14-11(15)12(2,3)4/h5-7H,1-4H3,(H,14,15). The lowest BCUT2D eigenvalue weighted by Gasteiger charge is -2.18. The number of aryl methyl sites for hydroxylation is 1. The third kappa shape index (κ3) is 3.48. The lowest BCUT2D eigenvalue weighted by molar-refractivity contribution is -0.123. The number of amides is 1. The van der Waals surface area contributed by atoms with Crippen LogP contribution in [0.3, 0.4) is 0 Å². The summed E-state index contributed by atoms with van der Waals surface area (Å²) < 4.78 is 1.07. The molecule has 0 bridgehead atoms. The summed E-state index contributed by atoms with van der Waals surface area (Å²) in [4.78, 5) is 11.8. The summed E-state index contributed by atoms with van der Waals surface area (Å²) in [5.41, 5.74) is 1.74. The molecule has 0 unspecified atom stereocenters. The Balaban J connectivity index is 2.87. The van der Waals surface area contributed by atoms with Gasteiger partial charge < -0.3 is 5.32 Å². The predicted octanol–water partition coefficient (Wildman–Crippen LogP) is 3.58. The van der Waals surface area contributed by atoms with Crippen LogP contribution in [0.5, 0.6) is 0 Å². The van der Waals surface area contributed by atoms with Gasteiger partial charge in [-0.2, -0.15) is 0 Å². The third-order valence-electron chi connectivity index (χ3n) is 2.05. The largest absolute Gasteiger partial charge is 0.325 e. The van der Waals surface area contributed by atoms with Crippen LogP contribution in [0.1, 0.15) is 26.3 Å². The molecular formula is C12H16INO. The highest BCUT2D eigenvalue weighted by Gasteiger charge is 2.21. The van der Waals surface area contributed by atoms with Crippen LogP contribution in [0.2, 0.25) is 0 Å². The number of benzene rings is 1. The van der Waals surface area contributed by atoms with Gasteiger partial charge in [-0.05, 0) is 47.2 Å². The van der Waals surface area contributed by atoms with E-state index in [9.17, 15) is 4.79 Å². The van der Waals surface area contributed by atoms with Gasteiger partial charge in [-0.1, -0.05) is 26.8 Å². The second-order valence-corrected chi connectivity index (χ2v) is 5.85. The molecule has 1 rings (SSSR count). The van der Waals surface area contributed by atoms with Crippen molar-refractivity contribution in [3.8, 4) is 0 Å². The van der Waals surface area contributed by atoms with E-state index in [4.69, 9.17) is 0 Å². The Hall–Kier alpha value is -0.580. The summed E-state index contributed by atoms with van der Waals surface area (Å²) in [6, 6.07) is 6.00. The number of carbonyl (C=O) groups is 1. The van der Waals surface area contributed by atoms with Crippen LogP contribution >= 0.6 is 22.6 Å². The second-order valence-electron chi connectivity index (χ2n) is 4.69. The first-order valence-corrected chi connectivity index (χ1v) is 5.96. The van der Waals surface area contributed by atoms with E-state index < -0.39 is 0 Å². The Bertz CT molecular complexity index is 380. The smallest absolute Gasteiger partial charge is 0.229 e. The van der Waals surface area contributed by atoms with Crippen molar-refractivity contribution in [2.24, 2.45) is 5.41 Å². The molecule has 82 valence electrons. The SMILES string of the molecule is Cc1ccc(NC(=O)C(C)(C)C)c(I)c1. The Labute approximate surface area is 105 Å². The van der Waals surface area contributed by atoms with Crippen molar-refractivity contribution in [3.63, 3.8) is 0 Å². The molecule has 1 aromatic rings. The van der Waals surface area contributed by atoms with Gasteiger partial charge in [0.2, 0.25) is 5.91 Å². The molecular weight excluding hydrogens is 301 g/mol. The van der Waals surface area contributed by atoms with E-state index in [0.29, 0.717) is 0 Å². The van der Waals surface area contributed by atoms with Crippen molar-refractivity contribution >= 4 is 34.2 Å². The maximum absolute atomic E-state index is 11.8. The number of carbonyl (C=O) groups excluding carboxylic acids is 1. The van der Waals surface area contributed by atoms with Crippen molar-refractivity contribution in [1.82, 2.24) is 0 Å². The minimum absolute atomic E-state index is 0.0456. The molecule has 3 heteroatoms. The molecule has 1 aromatic carbocycles. The van der Waals surface area contributed by atoms with Gasteiger partial charge in [0.05, 0.1) is 5.69 Å². The van der Waals surface area contributed by atoms with Crippen molar-refractivity contribution in [2.75, 3.05) is 5.32 Å². The van der Waals surface area contributed by atoms with Crippen LogP contribution in [-0.4, -0.2) is 5.91 Å². The van der Waals surface area contributed by atoms with Crippen molar-refractivity contribution < 1.29 is 4.79 Å². The van der Waals surface area contributed by atoms with Gasteiger partial charge in [0.15, 0.2) is 0 Å². The van der Waals surface area contributed by atoms with Crippen LogP contribution in [0, 0.1) is 15.9 Å². The van der Waals surface area contributed by atoms with E-state index in [1.165, 1.54) is 5.56 Å². The molecule has 0 atom stereocenters. The lowest BCUT2D eigenvalue weighted by Crippen LogP contribution is -2.27. The monoisotopic (exact) mass is 317 g/mol. The molecule has 0 aromatic heterocycles. The second kappa shape index (κ2) is 4.51. The van der Waals surface area contributed by atoms with E-state index in [2.05, 4.69) is 34.0 Å². The summed E-state index contributed by atoms with van der Waals surface area (Å²) in [5.74, 6) is 0.0456. The summed E-state index contributed by atoms with van der Waals surface area (Å²) in [5, 5.41) is 2.93. The minimum Gasteiger partial charge on any atom is -0.325 e. The fraction of sp³-hybridized carbons (Fsp3) is 0.417. The highest BCUT2D eigenvalue weighted by atomic mass is 127. The molecule has 0 saturated carbocycles. The Kier molecular flexibility index (Phi) is 3.76. The first kappa shape index (κ1) is 12.5. The summed E-state index contributed by atoms with van der Waals surface area (Å²) in [6.45, 7) is 7.76. The number of hydrogen-bond acceptors (Lipinski definition) is 1. The number of hydrogen-bond donors (Lipinski definition) is 1. The number of rotatable bonds is 1. The molecule has 0 aliphatic carbocycles. The zero-order valence-electron chi connectivity index (χ0n) is 9.52. The Morgan fingerprint density at radius 1 is 1.33 bits per heavy atom. The van der Waals surface area contributed by atoms with Crippen LogP contribution in [0.4, 0.5) is 5.69 Å². The van der Waals surface area contributed by atoms with Crippen molar-refractivity contribution in [3.05, 3.63) is 27.3 Å². The molecule has 0 saturated heterocycles. The van der Waals surface area contributed by atoms with Crippen LogP contribution in [0.15, 0.2) is 18.2 Å². The highest BCUT2D eigenvalue weighted by Crippen LogP contribution is 2.22. The molecule has 1 amide bonds. The van der Waals surface area contributed by atoms with E-state index in [-0.39, 0.29) is 11.3 Å². The van der Waals surface area contributed by atoms with Crippen molar-refractivity contribution in [1.29, 1.82) is 0 Å². The summed E-state index contributed by atoms with van der Waals surface area (Å²) in [6.07, 6.45) is 0. The van der Waals surface area contributed by atoms with Gasteiger partial charge in [-0.15, -0.1) is 0 Å². The number of halogens is 1. The van der Waals surface area contributed by atoms with Gasteiger partial charge in [0, 0.05) is 8.99 Å². The number of anilines is 1. The normalized spacial score (nSPS) is 11.3. The summed E-state index contributed by atoms with van der Waals surface area (Å²) in [7, 11) is 0. The molecule has 15 heavy (non-hydrogen) atoms. The zero-order chi connectivity index (χ0) is 11.6. The summed E-state index contributed by atoms with van der Waals surface area (Å²) >= 11 is 2.23.